The first kappa shape index (κ1) is 12.0. The van der Waals surface area contributed by atoms with Crippen LogP contribution in [0.25, 0.3) is 0 Å². The van der Waals surface area contributed by atoms with E-state index in [-0.39, 0.29) is 11.6 Å². The Morgan fingerprint density at radius 2 is 2.35 bits per heavy atom. The van der Waals surface area contributed by atoms with Crippen LogP contribution in [0.15, 0.2) is 34.0 Å². The Morgan fingerprint density at radius 3 is 2.94 bits per heavy atom. The first-order valence-corrected chi connectivity index (χ1v) is 6.14. The van der Waals surface area contributed by atoms with Crippen LogP contribution in [-0.4, -0.2) is 13.8 Å². The number of aromatic nitrogens is 2. The fraction of sp³-hybridized carbons (Fsp3) is 0.300. The van der Waals surface area contributed by atoms with E-state index >= 15 is 0 Å². The third-order valence-electron chi connectivity index (χ3n) is 2.28. The average Bonchev–Trinajstić information content (AvgIpc) is 2.86. The van der Waals surface area contributed by atoms with Gasteiger partial charge in [-0.15, -0.1) is 0 Å². The first-order valence-electron chi connectivity index (χ1n) is 4.82. The molecule has 0 N–H and O–H groups in total. The van der Waals surface area contributed by atoms with Crippen molar-refractivity contribution < 1.29 is 17.4 Å². The van der Waals surface area contributed by atoms with E-state index < -0.39 is 17.3 Å². The lowest BCUT2D eigenvalue weighted by Gasteiger charge is -2.05. The Hall–Kier alpha value is -1.50. The molecule has 0 aliphatic heterocycles. The van der Waals surface area contributed by atoms with E-state index in [9.17, 15) is 13.0 Å². The minimum Gasteiger partial charge on any atom is -0.468 e. The predicted octanol–water partition coefficient (Wildman–Crippen LogP) is 2.49. The molecule has 2 rings (SSSR count). The largest absolute Gasteiger partial charge is 0.468 e. The third-order valence-corrected chi connectivity index (χ3v) is 3.71. The molecule has 4 nitrogen and oxygen atoms in total. The Labute approximate surface area is 98.7 Å². The summed E-state index contributed by atoms with van der Waals surface area (Å²) in [5.41, 5.74) is 0. The predicted molar refractivity (Wildman–Crippen MR) is 57.0 cm³/mol. The molecule has 0 bridgehead atoms. The van der Waals surface area contributed by atoms with Crippen molar-refractivity contribution in [2.45, 2.75) is 24.1 Å². The van der Waals surface area contributed by atoms with Gasteiger partial charge in [0.25, 0.3) is 0 Å². The van der Waals surface area contributed by atoms with Crippen LogP contribution in [0.2, 0.25) is 0 Å². The zero-order valence-corrected chi connectivity index (χ0v) is 9.79. The van der Waals surface area contributed by atoms with E-state index in [0.717, 1.165) is 0 Å². The molecule has 0 spiro atoms. The number of hydrogen-bond donors (Lipinski definition) is 0. The molecule has 0 aliphatic carbocycles. The number of halogens is 2. The van der Waals surface area contributed by atoms with Crippen LogP contribution < -0.4 is 0 Å². The van der Waals surface area contributed by atoms with Crippen molar-refractivity contribution in [1.29, 1.82) is 0 Å². The molecular weight excluding hydrogens is 250 g/mol. The van der Waals surface area contributed by atoms with Gasteiger partial charge in [-0.3, -0.25) is 8.78 Å². The highest BCUT2D eigenvalue weighted by Crippen LogP contribution is 2.19. The molecule has 0 unspecified atom stereocenters. The summed E-state index contributed by atoms with van der Waals surface area (Å²) in [6.45, 7) is -0.998. The van der Waals surface area contributed by atoms with Gasteiger partial charge in [-0.1, -0.05) is 0 Å². The molecule has 92 valence electrons. The fourth-order valence-electron chi connectivity index (χ4n) is 1.44. The number of imidazole rings is 1. The SMILES string of the molecule is Cc1occc1[S@](=O)Cc1nccn1C(F)F. The van der Waals surface area contributed by atoms with Gasteiger partial charge in [-0.25, -0.2) is 4.98 Å². The molecule has 2 heterocycles. The van der Waals surface area contributed by atoms with Gasteiger partial charge in [-0.2, -0.15) is 8.78 Å². The van der Waals surface area contributed by atoms with Gasteiger partial charge in [0.1, 0.15) is 11.6 Å². The van der Waals surface area contributed by atoms with Gasteiger partial charge in [0.15, 0.2) is 0 Å². The zero-order valence-electron chi connectivity index (χ0n) is 8.97. The van der Waals surface area contributed by atoms with Gasteiger partial charge in [-0.05, 0) is 13.0 Å². The number of rotatable bonds is 4. The van der Waals surface area contributed by atoms with Gasteiger partial charge < -0.3 is 4.42 Å². The highest BCUT2D eigenvalue weighted by molar-refractivity contribution is 7.84. The minimum absolute atomic E-state index is 0.0578. The standard InChI is InChI=1S/C10H10F2N2O2S/c1-7-8(2-5-16-7)17(15)6-9-13-3-4-14(9)10(11)12/h2-5,10H,6H2,1H3/t17-/m1/s1. The zero-order chi connectivity index (χ0) is 12.4. The van der Waals surface area contributed by atoms with Crippen molar-refractivity contribution in [2.24, 2.45) is 0 Å². The van der Waals surface area contributed by atoms with Crippen LogP contribution in [-0.2, 0) is 16.6 Å². The second kappa shape index (κ2) is 4.79. The summed E-state index contributed by atoms with van der Waals surface area (Å²) in [6, 6.07) is 1.57. The van der Waals surface area contributed by atoms with Crippen LogP contribution in [0.1, 0.15) is 18.1 Å². The highest BCUT2D eigenvalue weighted by Gasteiger charge is 2.16. The molecule has 0 fully saturated rings. The molecule has 0 amide bonds. The Bertz CT molecular complexity index is 536. The van der Waals surface area contributed by atoms with Gasteiger partial charge in [0.2, 0.25) is 0 Å². The van der Waals surface area contributed by atoms with Crippen LogP contribution in [0.4, 0.5) is 8.78 Å². The van der Waals surface area contributed by atoms with E-state index in [1.807, 2.05) is 0 Å². The monoisotopic (exact) mass is 260 g/mol. The Balaban J connectivity index is 2.19. The van der Waals surface area contributed by atoms with Crippen LogP contribution in [0.5, 0.6) is 0 Å². The lowest BCUT2D eigenvalue weighted by molar-refractivity contribution is 0.0677. The summed E-state index contributed by atoms with van der Waals surface area (Å²) in [5, 5.41) is 0. The summed E-state index contributed by atoms with van der Waals surface area (Å²) in [6.07, 6.45) is 3.85. The van der Waals surface area contributed by atoms with Crippen LogP contribution in [0, 0.1) is 6.92 Å². The molecule has 0 saturated heterocycles. The van der Waals surface area contributed by atoms with Crippen molar-refractivity contribution in [3.05, 3.63) is 36.3 Å². The highest BCUT2D eigenvalue weighted by atomic mass is 32.2. The average molecular weight is 260 g/mol. The van der Waals surface area contributed by atoms with Gasteiger partial charge >= 0.3 is 6.55 Å². The third kappa shape index (κ3) is 2.44. The van der Waals surface area contributed by atoms with Crippen molar-refractivity contribution in [3.8, 4) is 0 Å². The topological polar surface area (TPSA) is 48.0 Å². The molecule has 0 radical (unpaired) electrons. The van der Waals surface area contributed by atoms with Crippen molar-refractivity contribution >= 4 is 10.8 Å². The van der Waals surface area contributed by atoms with E-state index in [1.165, 1.54) is 18.7 Å². The molecule has 0 saturated carbocycles. The second-order valence-corrected chi connectivity index (χ2v) is 4.78. The molecular formula is C10H10F2N2O2S. The van der Waals surface area contributed by atoms with Crippen molar-refractivity contribution in [2.75, 3.05) is 0 Å². The number of furan rings is 1. The van der Waals surface area contributed by atoms with E-state index in [1.54, 1.807) is 13.0 Å². The van der Waals surface area contributed by atoms with Crippen molar-refractivity contribution in [3.63, 3.8) is 0 Å². The molecule has 0 aromatic carbocycles. The maximum absolute atomic E-state index is 12.5. The number of alkyl halides is 2. The second-order valence-electron chi connectivity index (χ2n) is 3.36. The molecule has 2 aromatic rings. The maximum atomic E-state index is 12.5. The molecule has 17 heavy (non-hydrogen) atoms. The smallest absolute Gasteiger partial charge is 0.319 e. The molecule has 2 aromatic heterocycles. The normalized spacial score (nSPS) is 13.2. The molecule has 7 heteroatoms. The number of aryl methyl sites for hydroxylation is 1. The number of hydrogen-bond acceptors (Lipinski definition) is 3. The summed E-state index contributed by atoms with van der Waals surface area (Å²) in [7, 11) is -1.43. The lowest BCUT2D eigenvalue weighted by atomic mass is 10.5. The first-order chi connectivity index (χ1) is 8.09. The molecule has 0 aliphatic rings. The van der Waals surface area contributed by atoms with E-state index in [0.29, 0.717) is 15.2 Å². The van der Waals surface area contributed by atoms with Gasteiger partial charge in [0, 0.05) is 12.4 Å². The lowest BCUT2D eigenvalue weighted by Crippen LogP contribution is -2.07. The quantitative estimate of drug-likeness (QED) is 0.848. The van der Waals surface area contributed by atoms with Crippen LogP contribution in [0.3, 0.4) is 0 Å². The summed E-state index contributed by atoms with van der Waals surface area (Å²) >= 11 is 0. The fourth-order valence-corrected chi connectivity index (χ4v) is 2.63. The Kier molecular flexibility index (Phi) is 3.37. The Morgan fingerprint density at radius 1 is 1.59 bits per heavy atom. The molecule has 1 atom stereocenters. The van der Waals surface area contributed by atoms with Crippen LogP contribution >= 0.6 is 0 Å². The van der Waals surface area contributed by atoms with Crippen molar-refractivity contribution in [1.82, 2.24) is 9.55 Å². The summed E-state index contributed by atoms with van der Waals surface area (Å²) in [4.78, 5) is 4.28. The minimum atomic E-state index is -2.67. The van der Waals surface area contributed by atoms with E-state index in [2.05, 4.69) is 4.98 Å². The van der Waals surface area contributed by atoms with E-state index in [4.69, 9.17) is 4.42 Å². The number of nitrogens with zero attached hydrogens (tertiary/aromatic N) is 2. The van der Waals surface area contributed by atoms with Gasteiger partial charge in [0.05, 0.1) is 27.7 Å². The maximum Gasteiger partial charge on any atom is 0.319 e. The summed E-state index contributed by atoms with van der Waals surface area (Å²) < 4.78 is 42.7. The summed E-state index contributed by atoms with van der Waals surface area (Å²) in [5.74, 6) is 0.565.